The Kier molecular flexibility index (Phi) is 5.28. The Morgan fingerprint density at radius 3 is 2.72 bits per heavy atom. The van der Waals surface area contributed by atoms with Gasteiger partial charge in [-0.15, -0.1) is 0 Å². The number of pyridine rings is 1. The van der Waals surface area contributed by atoms with Gasteiger partial charge in [0.1, 0.15) is 0 Å². The van der Waals surface area contributed by atoms with Gasteiger partial charge >= 0.3 is 0 Å². The van der Waals surface area contributed by atoms with Crippen molar-refractivity contribution in [3.8, 4) is 0 Å². The quantitative estimate of drug-likeness (QED) is 0.836. The summed E-state index contributed by atoms with van der Waals surface area (Å²) in [5.74, 6) is -0.120. The summed E-state index contributed by atoms with van der Waals surface area (Å²) in [5, 5.41) is 3.02. The molecule has 18 heavy (non-hydrogen) atoms. The van der Waals surface area contributed by atoms with E-state index in [0.29, 0.717) is 6.54 Å². The third kappa shape index (κ3) is 4.84. The molecule has 1 aromatic heterocycles. The molecule has 100 valence electrons. The lowest BCUT2D eigenvalue weighted by atomic mass is 9.93. The number of nitrogens with one attached hydrogen (secondary N) is 1. The molecule has 4 heteroatoms. The highest BCUT2D eigenvalue weighted by atomic mass is 16.2. The smallest absolute Gasteiger partial charge is 0.227 e. The number of carbonyl (C=O) groups is 1. The molecule has 1 unspecified atom stereocenters. The first-order chi connectivity index (χ1) is 8.44. The fraction of sp³-hybridized carbons (Fsp3) is 0.571. The molecule has 0 aliphatic carbocycles. The maximum Gasteiger partial charge on any atom is 0.227 e. The summed E-state index contributed by atoms with van der Waals surface area (Å²) in [6.45, 7) is 6.54. The first kappa shape index (κ1) is 14.6. The highest BCUT2D eigenvalue weighted by Gasteiger charge is 2.23. The van der Waals surface area contributed by atoms with Crippen molar-refractivity contribution in [2.75, 3.05) is 6.54 Å². The summed E-state index contributed by atoms with van der Waals surface area (Å²) in [7, 11) is 0. The minimum Gasteiger partial charge on any atom is -0.351 e. The average Bonchev–Trinajstić information content (AvgIpc) is 2.28. The topological polar surface area (TPSA) is 68.0 Å². The van der Waals surface area contributed by atoms with Crippen LogP contribution >= 0.6 is 0 Å². The van der Waals surface area contributed by atoms with Gasteiger partial charge in [0.25, 0.3) is 0 Å². The molecular formula is C14H23N3O. The van der Waals surface area contributed by atoms with Crippen LogP contribution in [0.2, 0.25) is 0 Å². The summed E-state index contributed by atoms with van der Waals surface area (Å²) < 4.78 is 0. The molecule has 0 spiro atoms. The molecule has 1 rings (SSSR count). The van der Waals surface area contributed by atoms with Crippen LogP contribution in [0.5, 0.6) is 0 Å². The predicted molar refractivity (Wildman–Crippen MR) is 73.2 cm³/mol. The van der Waals surface area contributed by atoms with Crippen molar-refractivity contribution in [3.63, 3.8) is 0 Å². The van der Waals surface area contributed by atoms with Gasteiger partial charge in [0.15, 0.2) is 0 Å². The fourth-order valence-electron chi connectivity index (χ4n) is 1.81. The van der Waals surface area contributed by atoms with Crippen molar-refractivity contribution in [2.24, 2.45) is 5.73 Å². The van der Waals surface area contributed by atoms with Crippen LogP contribution in [0.15, 0.2) is 24.5 Å². The molecule has 0 bridgehead atoms. The third-order valence-electron chi connectivity index (χ3n) is 2.60. The second kappa shape index (κ2) is 6.50. The van der Waals surface area contributed by atoms with Crippen molar-refractivity contribution in [3.05, 3.63) is 30.1 Å². The van der Waals surface area contributed by atoms with Crippen LogP contribution in [0.3, 0.4) is 0 Å². The van der Waals surface area contributed by atoms with E-state index < -0.39 is 0 Å². The zero-order valence-electron chi connectivity index (χ0n) is 11.4. The van der Waals surface area contributed by atoms with Gasteiger partial charge in [0, 0.05) is 17.9 Å². The van der Waals surface area contributed by atoms with E-state index in [0.717, 1.165) is 18.4 Å². The number of nitrogens with zero attached hydrogens (tertiary/aromatic N) is 1. The van der Waals surface area contributed by atoms with E-state index in [2.05, 4.69) is 10.3 Å². The summed E-state index contributed by atoms with van der Waals surface area (Å²) in [6, 6.07) is 3.80. The SMILES string of the molecule is CC(C)(C)NC(=O)C(CCCN)c1cccnc1. The van der Waals surface area contributed by atoms with Gasteiger partial charge in [-0.2, -0.15) is 0 Å². The van der Waals surface area contributed by atoms with Crippen molar-refractivity contribution in [2.45, 2.75) is 45.1 Å². The molecule has 0 radical (unpaired) electrons. The molecule has 3 N–H and O–H groups in total. The number of rotatable bonds is 5. The highest BCUT2D eigenvalue weighted by molar-refractivity contribution is 5.84. The van der Waals surface area contributed by atoms with Gasteiger partial charge in [-0.3, -0.25) is 9.78 Å². The number of amides is 1. The third-order valence-corrected chi connectivity index (χ3v) is 2.60. The highest BCUT2D eigenvalue weighted by Crippen LogP contribution is 2.21. The molecule has 0 saturated heterocycles. The lowest BCUT2D eigenvalue weighted by Gasteiger charge is -2.25. The largest absolute Gasteiger partial charge is 0.351 e. The molecule has 0 aromatic carbocycles. The Morgan fingerprint density at radius 2 is 2.22 bits per heavy atom. The lowest BCUT2D eigenvalue weighted by molar-refractivity contribution is -0.124. The van der Waals surface area contributed by atoms with E-state index in [1.54, 1.807) is 12.4 Å². The van der Waals surface area contributed by atoms with Gasteiger partial charge in [0.2, 0.25) is 5.91 Å². The zero-order chi connectivity index (χ0) is 13.6. The van der Waals surface area contributed by atoms with E-state index in [4.69, 9.17) is 5.73 Å². The molecule has 0 aliphatic heterocycles. The molecule has 1 amide bonds. The number of hydrogen-bond donors (Lipinski definition) is 2. The first-order valence-electron chi connectivity index (χ1n) is 6.36. The number of hydrogen-bond acceptors (Lipinski definition) is 3. The monoisotopic (exact) mass is 249 g/mol. The van der Waals surface area contributed by atoms with Crippen LogP contribution in [-0.4, -0.2) is 23.0 Å². The van der Waals surface area contributed by atoms with Crippen LogP contribution in [0.4, 0.5) is 0 Å². The second-order valence-corrected chi connectivity index (χ2v) is 5.51. The number of nitrogens with two attached hydrogens (primary N) is 1. The van der Waals surface area contributed by atoms with Gasteiger partial charge in [0.05, 0.1) is 5.92 Å². The van der Waals surface area contributed by atoms with E-state index in [-0.39, 0.29) is 17.4 Å². The molecular weight excluding hydrogens is 226 g/mol. The van der Waals surface area contributed by atoms with Crippen molar-refractivity contribution in [1.82, 2.24) is 10.3 Å². The van der Waals surface area contributed by atoms with E-state index >= 15 is 0 Å². The molecule has 1 heterocycles. The Morgan fingerprint density at radius 1 is 1.50 bits per heavy atom. The maximum atomic E-state index is 12.3. The Bertz CT molecular complexity index is 370. The van der Waals surface area contributed by atoms with Gasteiger partial charge in [-0.05, 0) is 51.8 Å². The van der Waals surface area contributed by atoms with Crippen LogP contribution in [0.1, 0.15) is 45.1 Å². The number of carbonyl (C=O) groups excluding carboxylic acids is 1. The minimum atomic E-state index is -0.222. The van der Waals surface area contributed by atoms with Crippen molar-refractivity contribution in [1.29, 1.82) is 0 Å². The van der Waals surface area contributed by atoms with Gasteiger partial charge in [-0.1, -0.05) is 6.07 Å². The van der Waals surface area contributed by atoms with Crippen LogP contribution in [0, 0.1) is 0 Å². The zero-order valence-corrected chi connectivity index (χ0v) is 11.4. The molecule has 1 aromatic rings. The molecule has 0 fully saturated rings. The summed E-state index contributed by atoms with van der Waals surface area (Å²) in [5.41, 5.74) is 6.26. The standard InChI is InChI=1S/C14H23N3O/c1-14(2,3)17-13(18)12(7-4-8-15)11-6-5-9-16-10-11/h5-6,9-10,12H,4,7-8,15H2,1-3H3,(H,17,18). The summed E-state index contributed by atoms with van der Waals surface area (Å²) in [4.78, 5) is 16.4. The Hall–Kier alpha value is -1.42. The molecule has 0 saturated carbocycles. The average molecular weight is 249 g/mol. The Balaban J connectivity index is 2.82. The van der Waals surface area contributed by atoms with Crippen molar-refractivity contribution >= 4 is 5.91 Å². The van der Waals surface area contributed by atoms with E-state index in [1.807, 2.05) is 32.9 Å². The van der Waals surface area contributed by atoms with Crippen molar-refractivity contribution < 1.29 is 4.79 Å². The van der Waals surface area contributed by atoms with E-state index in [1.165, 1.54) is 0 Å². The minimum absolute atomic E-state index is 0.0453. The van der Waals surface area contributed by atoms with Crippen LogP contribution in [-0.2, 0) is 4.79 Å². The Labute approximate surface area is 109 Å². The van der Waals surface area contributed by atoms with Crippen LogP contribution in [0.25, 0.3) is 0 Å². The normalized spacial score (nSPS) is 13.1. The maximum absolute atomic E-state index is 12.3. The van der Waals surface area contributed by atoms with Crippen LogP contribution < -0.4 is 11.1 Å². The first-order valence-corrected chi connectivity index (χ1v) is 6.36. The van der Waals surface area contributed by atoms with E-state index in [9.17, 15) is 4.79 Å². The number of aromatic nitrogens is 1. The predicted octanol–water partition coefficient (Wildman–Crippen LogP) is 1.82. The second-order valence-electron chi connectivity index (χ2n) is 5.51. The fourth-order valence-corrected chi connectivity index (χ4v) is 1.81. The summed E-state index contributed by atoms with van der Waals surface area (Å²) >= 11 is 0. The molecule has 0 aliphatic rings. The molecule has 1 atom stereocenters. The lowest BCUT2D eigenvalue weighted by Crippen LogP contribution is -2.43. The summed E-state index contributed by atoms with van der Waals surface area (Å²) in [6.07, 6.45) is 5.05. The molecule has 4 nitrogen and oxygen atoms in total. The van der Waals surface area contributed by atoms with Gasteiger partial charge in [-0.25, -0.2) is 0 Å². The van der Waals surface area contributed by atoms with Gasteiger partial charge < -0.3 is 11.1 Å².